The molecular weight excluding hydrogens is 265 g/mol. The van der Waals surface area contributed by atoms with E-state index in [0.717, 1.165) is 28.0 Å². The molecule has 4 rings (SSSR count). The normalized spacial score (nSPS) is 13.5. The Hall–Kier alpha value is -2.29. The van der Waals surface area contributed by atoms with Crippen LogP contribution >= 0.6 is 0 Å². The van der Waals surface area contributed by atoms with Crippen LogP contribution in [0.4, 0.5) is 4.39 Å². The fraction of sp³-hybridized carbons (Fsp3) is 0.222. The van der Waals surface area contributed by atoms with Gasteiger partial charge in [-0.15, -0.1) is 0 Å². The number of hydrogen-bond donors (Lipinski definition) is 0. The van der Waals surface area contributed by atoms with E-state index in [9.17, 15) is 4.39 Å². The quantitative estimate of drug-likeness (QED) is 0.593. The Morgan fingerprint density at radius 3 is 2.67 bits per heavy atom. The van der Waals surface area contributed by atoms with Crippen molar-refractivity contribution < 1.29 is 9.13 Å². The van der Waals surface area contributed by atoms with E-state index in [4.69, 9.17) is 4.74 Å². The maximum atomic E-state index is 15.0. The van der Waals surface area contributed by atoms with Gasteiger partial charge in [-0.2, -0.15) is 0 Å². The Balaban J connectivity index is 2.11. The van der Waals surface area contributed by atoms with Gasteiger partial charge in [-0.3, -0.25) is 0 Å². The summed E-state index contributed by atoms with van der Waals surface area (Å²) in [5, 5.41) is 0.693. The van der Waals surface area contributed by atoms with E-state index in [1.54, 1.807) is 0 Å². The van der Waals surface area contributed by atoms with Crippen LogP contribution in [0.5, 0.6) is 5.75 Å². The third-order valence-corrected chi connectivity index (χ3v) is 4.12. The third kappa shape index (κ3) is 1.77. The van der Waals surface area contributed by atoms with E-state index in [1.807, 2.05) is 54.8 Å². The fourth-order valence-corrected chi connectivity index (χ4v) is 3.11. The first kappa shape index (κ1) is 12.5. The van der Waals surface area contributed by atoms with Gasteiger partial charge in [0.15, 0.2) is 5.82 Å². The molecule has 0 amide bonds. The molecule has 0 unspecified atom stereocenters. The molecular formula is C18H16FNO. The lowest BCUT2D eigenvalue weighted by atomic mass is 10.1. The summed E-state index contributed by atoms with van der Waals surface area (Å²) in [6.45, 7) is 5.22. The Labute approximate surface area is 122 Å². The standard InChI is InChI=1S/C18H16FNO/c1-11-4-6-15-14(9-11)17(19)18-13-5-3-12(2)10-16(13)21-8-7-20(15)18/h3-6,9-10H,7-8H2,1-2H3. The molecule has 0 bridgehead atoms. The molecule has 3 aromatic rings. The van der Waals surface area contributed by atoms with Crippen molar-refractivity contribution in [3.8, 4) is 17.0 Å². The minimum absolute atomic E-state index is 0.149. The smallest absolute Gasteiger partial charge is 0.156 e. The van der Waals surface area contributed by atoms with Gasteiger partial charge in [-0.05, 0) is 43.7 Å². The number of benzene rings is 2. The van der Waals surface area contributed by atoms with Crippen LogP contribution in [0.25, 0.3) is 22.2 Å². The zero-order chi connectivity index (χ0) is 14.6. The van der Waals surface area contributed by atoms with Crippen LogP contribution in [-0.2, 0) is 6.54 Å². The highest BCUT2D eigenvalue weighted by molar-refractivity contribution is 5.90. The number of halogens is 1. The average molecular weight is 281 g/mol. The summed E-state index contributed by atoms with van der Waals surface area (Å²) < 4.78 is 22.8. The van der Waals surface area contributed by atoms with Gasteiger partial charge in [0.25, 0.3) is 0 Å². The highest BCUT2D eigenvalue weighted by Gasteiger charge is 2.23. The number of nitrogens with zero attached hydrogens (tertiary/aromatic N) is 1. The van der Waals surface area contributed by atoms with Crippen LogP contribution in [-0.4, -0.2) is 11.2 Å². The van der Waals surface area contributed by atoms with Crippen molar-refractivity contribution in [2.45, 2.75) is 20.4 Å². The maximum Gasteiger partial charge on any atom is 0.156 e. The highest BCUT2D eigenvalue weighted by Crippen LogP contribution is 2.39. The van der Waals surface area contributed by atoms with Gasteiger partial charge in [-0.25, -0.2) is 4.39 Å². The van der Waals surface area contributed by atoms with Crippen molar-refractivity contribution in [3.63, 3.8) is 0 Å². The number of fused-ring (bicyclic) bond motifs is 5. The van der Waals surface area contributed by atoms with Crippen LogP contribution in [0.2, 0.25) is 0 Å². The lowest BCUT2D eigenvalue weighted by molar-refractivity contribution is 0.308. The first-order chi connectivity index (χ1) is 10.1. The summed E-state index contributed by atoms with van der Waals surface area (Å²) in [4.78, 5) is 0. The maximum absolute atomic E-state index is 15.0. The lowest BCUT2D eigenvalue weighted by Gasteiger charge is -2.07. The Morgan fingerprint density at radius 2 is 1.81 bits per heavy atom. The molecule has 106 valence electrons. The molecule has 0 N–H and O–H groups in total. The lowest BCUT2D eigenvalue weighted by Crippen LogP contribution is -2.05. The summed E-state index contributed by atoms with van der Waals surface area (Å²) >= 11 is 0. The predicted molar refractivity (Wildman–Crippen MR) is 82.3 cm³/mol. The second-order valence-electron chi connectivity index (χ2n) is 5.68. The molecule has 0 saturated carbocycles. The number of aromatic nitrogens is 1. The van der Waals surface area contributed by atoms with Gasteiger partial charge >= 0.3 is 0 Å². The molecule has 2 heterocycles. The van der Waals surface area contributed by atoms with Gasteiger partial charge in [0.05, 0.1) is 17.8 Å². The second-order valence-corrected chi connectivity index (χ2v) is 5.68. The molecule has 0 aliphatic carbocycles. The van der Waals surface area contributed by atoms with Crippen LogP contribution in [0.3, 0.4) is 0 Å². The summed E-state index contributed by atoms with van der Waals surface area (Å²) in [6.07, 6.45) is 0. The molecule has 3 heteroatoms. The van der Waals surface area contributed by atoms with Gasteiger partial charge in [0.1, 0.15) is 12.4 Å². The zero-order valence-electron chi connectivity index (χ0n) is 12.1. The Bertz CT molecular complexity index is 863. The fourth-order valence-electron chi connectivity index (χ4n) is 3.11. The Kier molecular flexibility index (Phi) is 2.58. The predicted octanol–water partition coefficient (Wildman–Crippen LogP) is 4.46. The molecule has 2 nitrogen and oxygen atoms in total. The minimum atomic E-state index is -0.149. The first-order valence-corrected chi connectivity index (χ1v) is 7.17. The van der Waals surface area contributed by atoms with E-state index < -0.39 is 0 Å². The molecule has 0 spiro atoms. The zero-order valence-corrected chi connectivity index (χ0v) is 12.1. The highest BCUT2D eigenvalue weighted by atomic mass is 19.1. The SMILES string of the molecule is Cc1ccc2c(c1)OCCn1c-2c(F)c2cc(C)ccc21. The van der Waals surface area contributed by atoms with Crippen LogP contribution in [0.1, 0.15) is 11.1 Å². The molecule has 21 heavy (non-hydrogen) atoms. The minimum Gasteiger partial charge on any atom is -0.491 e. The van der Waals surface area contributed by atoms with Gasteiger partial charge in [0.2, 0.25) is 0 Å². The van der Waals surface area contributed by atoms with Crippen LogP contribution < -0.4 is 4.74 Å². The van der Waals surface area contributed by atoms with Crippen LogP contribution in [0, 0.1) is 19.7 Å². The monoisotopic (exact) mass is 281 g/mol. The molecule has 2 aromatic carbocycles. The Morgan fingerprint density at radius 1 is 1.05 bits per heavy atom. The van der Waals surface area contributed by atoms with E-state index >= 15 is 0 Å². The number of hydrogen-bond acceptors (Lipinski definition) is 1. The molecule has 1 aliphatic heterocycles. The number of rotatable bonds is 0. The van der Waals surface area contributed by atoms with E-state index in [1.165, 1.54) is 0 Å². The molecule has 0 atom stereocenters. The topological polar surface area (TPSA) is 14.2 Å². The summed E-state index contributed by atoms with van der Waals surface area (Å²) in [7, 11) is 0. The summed E-state index contributed by atoms with van der Waals surface area (Å²) in [5.41, 5.74) is 4.61. The van der Waals surface area contributed by atoms with E-state index in [-0.39, 0.29) is 5.82 Å². The first-order valence-electron chi connectivity index (χ1n) is 7.17. The second kappa shape index (κ2) is 4.35. The number of ether oxygens (including phenoxy) is 1. The van der Waals surface area contributed by atoms with E-state index in [2.05, 4.69) is 0 Å². The summed E-state index contributed by atoms with van der Waals surface area (Å²) in [6, 6.07) is 11.9. The van der Waals surface area contributed by atoms with Crippen molar-refractivity contribution in [2.24, 2.45) is 0 Å². The summed E-state index contributed by atoms with van der Waals surface area (Å²) in [5.74, 6) is 0.622. The van der Waals surface area contributed by atoms with Crippen molar-refractivity contribution >= 4 is 10.9 Å². The molecule has 1 aliphatic rings. The van der Waals surface area contributed by atoms with Crippen molar-refractivity contribution in [2.75, 3.05) is 6.61 Å². The molecule has 0 fully saturated rings. The van der Waals surface area contributed by atoms with Crippen molar-refractivity contribution in [1.82, 2.24) is 4.57 Å². The van der Waals surface area contributed by atoms with Crippen molar-refractivity contribution in [1.29, 1.82) is 0 Å². The molecule has 0 radical (unpaired) electrons. The molecule has 1 aromatic heterocycles. The largest absolute Gasteiger partial charge is 0.491 e. The van der Waals surface area contributed by atoms with E-state index in [0.29, 0.717) is 24.2 Å². The van der Waals surface area contributed by atoms with Crippen molar-refractivity contribution in [3.05, 3.63) is 53.3 Å². The van der Waals surface area contributed by atoms with Gasteiger partial charge < -0.3 is 9.30 Å². The molecule has 0 saturated heterocycles. The average Bonchev–Trinajstić information content (AvgIpc) is 2.62. The third-order valence-electron chi connectivity index (χ3n) is 4.12. The van der Waals surface area contributed by atoms with Gasteiger partial charge in [0, 0.05) is 10.9 Å². The number of aryl methyl sites for hydroxylation is 2. The van der Waals surface area contributed by atoms with Gasteiger partial charge in [-0.1, -0.05) is 17.7 Å². The van der Waals surface area contributed by atoms with Crippen LogP contribution in [0.15, 0.2) is 36.4 Å².